The fourth-order valence-corrected chi connectivity index (χ4v) is 2.72. The highest BCUT2D eigenvalue weighted by Gasteiger charge is 2.70. The van der Waals surface area contributed by atoms with Crippen LogP contribution in [0.2, 0.25) is 5.02 Å². The summed E-state index contributed by atoms with van der Waals surface area (Å²) in [7, 11) is 0. The highest BCUT2D eigenvalue weighted by atomic mass is 35.5. The molecule has 2 nitrogen and oxygen atoms in total. The normalized spacial score (nSPS) is 29.3. The van der Waals surface area contributed by atoms with Crippen molar-refractivity contribution in [1.82, 2.24) is 0 Å². The number of ether oxygens (including phenoxy) is 1. The molecule has 2 aromatic rings. The minimum absolute atomic E-state index is 0.123. The Bertz CT molecular complexity index is 590. The number of rotatable bonds is 2. The quantitative estimate of drug-likeness (QED) is 0.852. The van der Waals surface area contributed by atoms with E-state index in [0.717, 1.165) is 0 Å². The zero-order valence-electron chi connectivity index (χ0n) is 10.2. The van der Waals surface area contributed by atoms with Crippen LogP contribution >= 0.6 is 11.6 Å². The van der Waals surface area contributed by atoms with Crippen molar-refractivity contribution in [3.05, 3.63) is 70.5 Å². The number of epoxide rings is 1. The summed E-state index contributed by atoms with van der Waals surface area (Å²) < 4.78 is 19.3. The van der Waals surface area contributed by atoms with Crippen LogP contribution in [0.1, 0.15) is 18.1 Å². The fourth-order valence-electron chi connectivity index (χ4n) is 2.40. The topological polar surface area (TPSA) is 32.8 Å². The Morgan fingerprint density at radius 1 is 1.05 bits per heavy atom. The molecular formula is C15H12ClFO2. The molecule has 1 N–H and O–H groups in total. The lowest BCUT2D eigenvalue weighted by Gasteiger charge is -2.14. The first-order valence-electron chi connectivity index (χ1n) is 5.91. The summed E-state index contributed by atoms with van der Waals surface area (Å²) >= 11 is 6.12. The smallest absolute Gasteiger partial charge is 0.230 e. The van der Waals surface area contributed by atoms with Gasteiger partial charge in [-0.2, -0.15) is 0 Å². The van der Waals surface area contributed by atoms with Gasteiger partial charge in [-0.25, -0.2) is 4.39 Å². The maximum atomic E-state index is 13.8. The SMILES string of the molecule is CC1(c2ccccc2Cl)OC1(O)c1ccccc1F. The number of benzene rings is 2. The van der Waals surface area contributed by atoms with Gasteiger partial charge >= 0.3 is 0 Å². The zero-order chi connectivity index (χ0) is 13.7. The summed E-state index contributed by atoms with van der Waals surface area (Å²) in [6, 6.07) is 13.1. The van der Waals surface area contributed by atoms with Crippen LogP contribution in [0, 0.1) is 5.82 Å². The second-order valence-electron chi connectivity index (χ2n) is 4.74. The van der Waals surface area contributed by atoms with Gasteiger partial charge in [0.05, 0.1) is 0 Å². The highest BCUT2D eigenvalue weighted by molar-refractivity contribution is 6.31. The van der Waals surface area contributed by atoms with Gasteiger partial charge in [-0.05, 0) is 19.1 Å². The molecule has 0 radical (unpaired) electrons. The number of hydrogen-bond donors (Lipinski definition) is 1. The number of halogens is 2. The van der Waals surface area contributed by atoms with E-state index in [0.29, 0.717) is 10.6 Å². The van der Waals surface area contributed by atoms with Crippen LogP contribution in [0.3, 0.4) is 0 Å². The highest BCUT2D eigenvalue weighted by Crippen LogP contribution is 2.61. The lowest BCUT2D eigenvalue weighted by Crippen LogP contribution is -2.20. The summed E-state index contributed by atoms with van der Waals surface area (Å²) in [5.41, 5.74) is -0.270. The molecule has 4 heteroatoms. The van der Waals surface area contributed by atoms with Crippen molar-refractivity contribution < 1.29 is 14.2 Å². The van der Waals surface area contributed by atoms with Crippen molar-refractivity contribution in [3.63, 3.8) is 0 Å². The molecule has 1 fully saturated rings. The molecule has 0 saturated carbocycles. The van der Waals surface area contributed by atoms with E-state index >= 15 is 0 Å². The predicted molar refractivity (Wildman–Crippen MR) is 70.2 cm³/mol. The molecule has 98 valence electrons. The molecule has 2 atom stereocenters. The fraction of sp³-hybridized carbons (Fsp3) is 0.200. The molecular weight excluding hydrogens is 267 g/mol. The van der Waals surface area contributed by atoms with Crippen LogP contribution in [-0.2, 0) is 16.1 Å². The Kier molecular flexibility index (Phi) is 2.68. The van der Waals surface area contributed by atoms with Crippen molar-refractivity contribution in [3.8, 4) is 0 Å². The standard InChI is InChI=1S/C15H12ClFO2/c1-14(10-6-2-4-8-12(10)16)15(18,19-14)11-7-3-5-9-13(11)17/h2-9,18H,1H3. The molecule has 2 unspecified atom stereocenters. The molecule has 3 rings (SSSR count). The van der Waals surface area contributed by atoms with E-state index in [-0.39, 0.29) is 5.56 Å². The summed E-state index contributed by atoms with van der Waals surface area (Å²) in [4.78, 5) is 0. The van der Waals surface area contributed by atoms with Gasteiger partial charge in [0.15, 0.2) is 5.60 Å². The third-order valence-electron chi connectivity index (χ3n) is 3.58. The lowest BCUT2D eigenvalue weighted by atomic mass is 9.90. The maximum absolute atomic E-state index is 13.8. The van der Waals surface area contributed by atoms with Crippen molar-refractivity contribution in [1.29, 1.82) is 0 Å². The zero-order valence-corrected chi connectivity index (χ0v) is 11.0. The Labute approximate surface area is 115 Å². The van der Waals surface area contributed by atoms with E-state index in [4.69, 9.17) is 16.3 Å². The first-order valence-corrected chi connectivity index (χ1v) is 6.29. The Morgan fingerprint density at radius 3 is 2.26 bits per heavy atom. The van der Waals surface area contributed by atoms with Crippen LogP contribution in [-0.4, -0.2) is 5.11 Å². The van der Waals surface area contributed by atoms with Crippen LogP contribution in [0.25, 0.3) is 0 Å². The van der Waals surface area contributed by atoms with Crippen LogP contribution in [0.15, 0.2) is 48.5 Å². The van der Waals surface area contributed by atoms with Gasteiger partial charge in [-0.3, -0.25) is 0 Å². The summed E-state index contributed by atoms with van der Waals surface area (Å²) in [5.74, 6) is -2.18. The molecule has 0 aromatic heterocycles. The monoisotopic (exact) mass is 278 g/mol. The van der Waals surface area contributed by atoms with Crippen molar-refractivity contribution in [2.45, 2.75) is 18.3 Å². The van der Waals surface area contributed by atoms with Gasteiger partial charge in [0.25, 0.3) is 0 Å². The van der Waals surface area contributed by atoms with Gasteiger partial charge in [-0.1, -0.05) is 48.0 Å². The van der Waals surface area contributed by atoms with E-state index < -0.39 is 17.2 Å². The van der Waals surface area contributed by atoms with Gasteiger partial charge < -0.3 is 9.84 Å². The first kappa shape index (κ1) is 12.6. The predicted octanol–water partition coefficient (Wildman–Crippen LogP) is 3.57. The van der Waals surface area contributed by atoms with Gasteiger partial charge in [0.2, 0.25) is 5.79 Å². The van der Waals surface area contributed by atoms with Crippen LogP contribution in [0.5, 0.6) is 0 Å². The first-order chi connectivity index (χ1) is 8.99. The molecule has 1 saturated heterocycles. The third-order valence-corrected chi connectivity index (χ3v) is 3.91. The average molecular weight is 279 g/mol. The molecule has 1 aliphatic rings. The second kappa shape index (κ2) is 4.04. The second-order valence-corrected chi connectivity index (χ2v) is 5.15. The average Bonchev–Trinajstić information content (AvgIpc) is 2.95. The molecule has 1 aliphatic heterocycles. The molecule has 19 heavy (non-hydrogen) atoms. The van der Waals surface area contributed by atoms with Crippen molar-refractivity contribution >= 4 is 11.6 Å². The van der Waals surface area contributed by atoms with Gasteiger partial charge in [0.1, 0.15) is 5.82 Å². The minimum atomic E-state index is -1.68. The third kappa shape index (κ3) is 1.70. The molecule has 0 spiro atoms. The Hall–Kier alpha value is -1.42. The van der Waals surface area contributed by atoms with E-state index in [1.807, 2.05) is 0 Å². The molecule has 2 aromatic carbocycles. The van der Waals surface area contributed by atoms with E-state index in [2.05, 4.69) is 0 Å². The number of aliphatic hydroxyl groups is 1. The molecule has 0 amide bonds. The van der Waals surface area contributed by atoms with E-state index in [1.165, 1.54) is 12.1 Å². The molecule has 0 bridgehead atoms. The lowest BCUT2D eigenvalue weighted by molar-refractivity contribution is 0.0297. The van der Waals surface area contributed by atoms with Crippen molar-refractivity contribution in [2.75, 3.05) is 0 Å². The largest absolute Gasteiger partial charge is 0.359 e. The van der Waals surface area contributed by atoms with E-state index in [1.54, 1.807) is 43.3 Å². The Balaban J connectivity index is 2.08. The van der Waals surface area contributed by atoms with Crippen LogP contribution < -0.4 is 0 Å². The van der Waals surface area contributed by atoms with Gasteiger partial charge in [0, 0.05) is 16.1 Å². The van der Waals surface area contributed by atoms with Crippen molar-refractivity contribution in [2.24, 2.45) is 0 Å². The number of hydrogen-bond acceptors (Lipinski definition) is 2. The maximum Gasteiger partial charge on any atom is 0.230 e. The Morgan fingerprint density at radius 2 is 1.63 bits per heavy atom. The van der Waals surface area contributed by atoms with Gasteiger partial charge in [-0.15, -0.1) is 0 Å². The minimum Gasteiger partial charge on any atom is -0.359 e. The van der Waals surface area contributed by atoms with E-state index in [9.17, 15) is 9.50 Å². The van der Waals surface area contributed by atoms with Crippen LogP contribution in [0.4, 0.5) is 4.39 Å². The molecule has 1 heterocycles. The summed E-state index contributed by atoms with van der Waals surface area (Å²) in [5, 5.41) is 11.0. The summed E-state index contributed by atoms with van der Waals surface area (Å²) in [6.45, 7) is 1.70. The molecule has 0 aliphatic carbocycles. The summed E-state index contributed by atoms with van der Waals surface area (Å²) in [6.07, 6.45) is 0.